The van der Waals surface area contributed by atoms with E-state index < -0.39 is 5.97 Å². The van der Waals surface area contributed by atoms with E-state index in [-0.39, 0.29) is 11.3 Å². The average Bonchev–Trinajstić information content (AvgIpc) is 2.08. The van der Waals surface area contributed by atoms with Gasteiger partial charge in [-0.1, -0.05) is 0 Å². The van der Waals surface area contributed by atoms with Crippen LogP contribution in [0.2, 0.25) is 0 Å². The molecule has 0 amide bonds. The van der Waals surface area contributed by atoms with Gasteiger partial charge in [-0.2, -0.15) is 5.26 Å². The molecule has 0 radical (unpaired) electrons. The second kappa shape index (κ2) is 4.63. The molecule has 4 heteroatoms. The molecule has 1 heterocycles. The molecule has 1 saturated heterocycles. The number of aliphatic carboxylic acids is 1. The molecule has 84 valence electrons. The molecule has 1 fully saturated rings. The predicted octanol–water partition coefficient (Wildman–Crippen LogP) is 1.33. The Morgan fingerprint density at radius 3 is 2.67 bits per heavy atom. The van der Waals surface area contributed by atoms with Crippen molar-refractivity contribution >= 4 is 5.97 Å². The molecule has 0 atom stereocenters. The summed E-state index contributed by atoms with van der Waals surface area (Å²) in [7, 11) is 0. The number of carbonyl (C=O) groups is 1. The van der Waals surface area contributed by atoms with Gasteiger partial charge in [-0.3, -0.25) is 4.79 Å². The fourth-order valence-electron chi connectivity index (χ4n) is 1.71. The van der Waals surface area contributed by atoms with Gasteiger partial charge in [-0.05, 0) is 33.2 Å². The molecular weight excluding hydrogens is 192 g/mol. The Morgan fingerprint density at radius 1 is 1.60 bits per heavy atom. The number of hydrogen-bond donors (Lipinski definition) is 1. The zero-order valence-electron chi connectivity index (χ0n) is 9.36. The van der Waals surface area contributed by atoms with Crippen LogP contribution in [0.4, 0.5) is 0 Å². The van der Waals surface area contributed by atoms with Crippen molar-refractivity contribution in [1.29, 1.82) is 5.26 Å². The van der Waals surface area contributed by atoms with E-state index >= 15 is 0 Å². The summed E-state index contributed by atoms with van der Waals surface area (Å²) in [5.41, 5.74) is -0.253. The van der Waals surface area contributed by atoms with Crippen LogP contribution < -0.4 is 0 Å². The van der Waals surface area contributed by atoms with Gasteiger partial charge in [0.25, 0.3) is 0 Å². The maximum Gasteiger partial charge on any atom is 0.309 e. The van der Waals surface area contributed by atoms with Crippen molar-refractivity contribution < 1.29 is 9.90 Å². The van der Waals surface area contributed by atoms with Crippen molar-refractivity contribution in [3.05, 3.63) is 0 Å². The summed E-state index contributed by atoms with van der Waals surface area (Å²) < 4.78 is 0. The number of rotatable bonds is 5. The van der Waals surface area contributed by atoms with Crippen molar-refractivity contribution in [1.82, 2.24) is 4.90 Å². The maximum absolute atomic E-state index is 10.5. The van der Waals surface area contributed by atoms with E-state index in [0.717, 1.165) is 19.4 Å². The second-order valence-corrected chi connectivity index (χ2v) is 4.89. The van der Waals surface area contributed by atoms with Crippen molar-refractivity contribution in [3.8, 4) is 6.07 Å². The van der Waals surface area contributed by atoms with Crippen LogP contribution in [0.25, 0.3) is 0 Å². The molecule has 0 unspecified atom stereocenters. The first-order valence-corrected chi connectivity index (χ1v) is 5.31. The summed E-state index contributed by atoms with van der Waals surface area (Å²) in [6.45, 7) is 6.12. The van der Waals surface area contributed by atoms with Gasteiger partial charge in [-0.15, -0.1) is 0 Å². The Morgan fingerprint density at radius 2 is 2.20 bits per heavy atom. The van der Waals surface area contributed by atoms with E-state index in [1.165, 1.54) is 0 Å². The van der Waals surface area contributed by atoms with Crippen molar-refractivity contribution in [2.45, 2.75) is 26.7 Å². The lowest BCUT2D eigenvalue weighted by molar-refractivity contribution is -0.147. The van der Waals surface area contributed by atoms with Gasteiger partial charge in [0.1, 0.15) is 0 Å². The largest absolute Gasteiger partial charge is 0.481 e. The van der Waals surface area contributed by atoms with E-state index in [1.807, 2.05) is 13.8 Å². The van der Waals surface area contributed by atoms with Crippen LogP contribution in [0.15, 0.2) is 0 Å². The third-order valence-electron chi connectivity index (χ3n) is 2.89. The van der Waals surface area contributed by atoms with Gasteiger partial charge < -0.3 is 10.0 Å². The number of hydrogen-bond acceptors (Lipinski definition) is 3. The monoisotopic (exact) mass is 210 g/mol. The Kier molecular flexibility index (Phi) is 3.70. The van der Waals surface area contributed by atoms with E-state index in [0.29, 0.717) is 13.1 Å². The molecule has 1 aliphatic heterocycles. The number of carboxylic acids is 1. The lowest BCUT2D eigenvalue weighted by Crippen LogP contribution is -2.50. The van der Waals surface area contributed by atoms with Crippen LogP contribution in [0.3, 0.4) is 0 Å². The number of nitrogens with zero attached hydrogens (tertiary/aromatic N) is 2. The smallest absolute Gasteiger partial charge is 0.309 e. The first kappa shape index (κ1) is 12.0. The van der Waals surface area contributed by atoms with E-state index in [1.54, 1.807) is 0 Å². The highest BCUT2D eigenvalue weighted by Gasteiger charge is 2.32. The van der Waals surface area contributed by atoms with Crippen LogP contribution >= 0.6 is 0 Å². The third-order valence-corrected chi connectivity index (χ3v) is 2.89. The topological polar surface area (TPSA) is 64.3 Å². The van der Waals surface area contributed by atoms with Crippen LogP contribution in [-0.4, -0.2) is 35.6 Å². The molecule has 0 aromatic heterocycles. The Hall–Kier alpha value is -1.08. The Labute approximate surface area is 90.5 Å². The summed E-state index contributed by atoms with van der Waals surface area (Å²) in [5.74, 6) is -0.863. The second-order valence-electron chi connectivity index (χ2n) is 4.89. The molecule has 0 aromatic carbocycles. The van der Waals surface area contributed by atoms with Gasteiger partial charge in [0.05, 0.1) is 17.4 Å². The normalized spacial score (nSPS) is 18.2. The molecule has 1 N–H and O–H groups in total. The lowest BCUT2D eigenvalue weighted by atomic mass is 9.89. The summed E-state index contributed by atoms with van der Waals surface area (Å²) in [5, 5.41) is 17.5. The van der Waals surface area contributed by atoms with Crippen molar-refractivity contribution in [2.24, 2.45) is 11.3 Å². The molecule has 0 bridgehead atoms. The molecule has 15 heavy (non-hydrogen) atoms. The van der Waals surface area contributed by atoms with Gasteiger partial charge in [0, 0.05) is 13.1 Å². The third kappa shape index (κ3) is 3.52. The van der Waals surface area contributed by atoms with Gasteiger partial charge in [0.15, 0.2) is 0 Å². The average molecular weight is 210 g/mol. The molecule has 0 saturated carbocycles. The standard InChI is InChI=1S/C11H18N2O2/c1-11(2,8-12)4-3-5-13-6-9(7-13)10(14)15/h9H,3-7H2,1-2H3,(H,14,15). The molecule has 4 nitrogen and oxygen atoms in total. The highest BCUT2D eigenvalue weighted by atomic mass is 16.4. The molecule has 1 rings (SSSR count). The summed E-state index contributed by atoms with van der Waals surface area (Å²) in [6, 6.07) is 2.27. The zero-order valence-corrected chi connectivity index (χ0v) is 9.36. The minimum atomic E-state index is -0.691. The van der Waals surface area contributed by atoms with Crippen LogP contribution in [0, 0.1) is 22.7 Å². The highest BCUT2D eigenvalue weighted by Crippen LogP contribution is 2.22. The van der Waals surface area contributed by atoms with Crippen LogP contribution in [-0.2, 0) is 4.79 Å². The van der Waals surface area contributed by atoms with Gasteiger partial charge in [0.2, 0.25) is 0 Å². The number of likely N-dealkylation sites (tertiary alicyclic amines) is 1. The van der Waals surface area contributed by atoms with Crippen LogP contribution in [0.1, 0.15) is 26.7 Å². The van der Waals surface area contributed by atoms with E-state index in [4.69, 9.17) is 10.4 Å². The number of carboxylic acid groups (broad SMARTS) is 1. The predicted molar refractivity (Wildman–Crippen MR) is 56.2 cm³/mol. The maximum atomic E-state index is 10.5. The van der Waals surface area contributed by atoms with E-state index in [2.05, 4.69) is 11.0 Å². The molecule has 0 aliphatic carbocycles. The van der Waals surface area contributed by atoms with Crippen molar-refractivity contribution in [3.63, 3.8) is 0 Å². The van der Waals surface area contributed by atoms with Crippen molar-refractivity contribution in [2.75, 3.05) is 19.6 Å². The summed E-state index contributed by atoms with van der Waals surface area (Å²) >= 11 is 0. The van der Waals surface area contributed by atoms with Gasteiger partial charge in [-0.25, -0.2) is 0 Å². The SMILES string of the molecule is CC(C)(C#N)CCCN1CC(C(=O)O)C1. The molecular formula is C11H18N2O2. The summed E-state index contributed by atoms with van der Waals surface area (Å²) in [4.78, 5) is 12.7. The first-order valence-electron chi connectivity index (χ1n) is 5.31. The zero-order chi connectivity index (χ0) is 11.5. The Bertz CT molecular complexity index is 275. The van der Waals surface area contributed by atoms with E-state index in [9.17, 15) is 4.79 Å². The molecule has 0 spiro atoms. The molecule has 0 aromatic rings. The van der Waals surface area contributed by atoms with Gasteiger partial charge >= 0.3 is 5.97 Å². The van der Waals surface area contributed by atoms with Crippen LogP contribution in [0.5, 0.6) is 0 Å². The minimum Gasteiger partial charge on any atom is -0.481 e. The summed E-state index contributed by atoms with van der Waals surface area (Å²) in [6.07, 6.45) is 1.84. The fourth-order valence-corrected chi connectivity index (χ4v) is 1.71. The molecule has 1 aliphatic rings. The number of nitriles is 1. The first-order chi connectivity index (χ1) is 6.94. The lowest BCUT2D eigenvalue weighted by Gasteiger charge is -2.36. The highest BCUT2D eigenvalue weighted by molar-refractivity contribution is 5.71. The fraction of sp³-hybridized carbons (Fsp3) is 0.818. The minimum absolute atomic E-state index is 0.172. The Balaban J connectivity index is 2.10. The quantitative estimate of drug-likeness (QED) is 0.743.